The molecule has 2 atom stereocenters. The minimum Gasteiger partial charge on any atom is -0.0620 e. The molecule has 0 heterocycles. The monoisotopic (exact) mass is 188 g/mol. The number of rotatable bonds is 0. The Morgan fingerprint density at radius 1 is 1.07 bits per heavy atom. The van der Waals surface area contributed by atoms with E-state index in [9.17, 15) is 0 Å². The van der Waals surface area contributed by atoms with E-state index in [2.05, 4.69) is 52.0 Å². The average Bonchev–Trinajstić information content (AvgIpc) is 2.44. The molecule has 1 aliphatic carbocycles. The molecule has 14 heavy (non-hydrogen) atoms. The van der Waals surface area contributed by atoms with Gasteiger partial charge in [-0.05, 0) is 34.8 Å². The van der Waals surface area contributed by atoms with Crippen LogP contribution in [0.2, 0.25) is 0 Å². The lowest BCUT2D eigenvalue weighted by atomic mass is 9.77. The fourth-order valence-electron chi connectivity index (χ4n) is 2.70. The summed E-state index contributed by atoms with van der Waals surface area (Å²) >= 11 is 0. The van der Waals surface area contributed by atoms with Crippen molar-refractivity contribution in [3.05, 3.63) is 35.4 Å². The predicted octanol–water partition coefficient (Wildman–Crippen LogP) is 4.32. The zero-order chi connectivity index (χ0) is 10.3. The molecule has 2 rings (SSSR count). The van der Waals surface area contributed by atoms with Crippen molar-refractivity contribution in [2.45, 2.75) is 46.0 Å². The third-order valence-corrected chi connectivity index (χ3v) is 3.54. The molecule has 1 aromatic rings. The van der Waals surface area contributed by atoms with Crippen LogP contribution in [-0.2, 0) is 0 Å². The minimum absolute atomic E-state index is 0.404. The molecular formula is C14H20. The van der Waals surface area contributed by atoms with Crippen molar-refractivity contribution in [3.63, 3.8) is 0 Å². The number of benzene rings is 1. The van der Waals surface area contributed by atoms with E-state index in [0.717, 1.165) is 11.8 Å². The fraction of sp³-hybridized carbons (Fsp3) is 0.571. The van der Waals surface area contributed by atoms with Crippen LogP contribution in [0, 0.1) is 5.41 Å². The van der Waals surface area contributed by atoms with E-state index < -0.39 is 0 Å². The Balaban J connectivity index is 2.44. The standard InChI is InChI=1S/C14H20/c1-10-9-13(14(2,3)4)12-8-6-5-7-11(10)12/h5-8,10,13H,9H2,1-4H3. The van der Waals surface area contributed by atoms with Crippen molar-refractivity contribution in [2.24, 2.45) is 5.41 Å². The molecule has 2 unspecified atom stereocenters. The molecule has 0 N–H and O–H groups in total. The molecule has 0 saturated carbocycles. The molecule has 0 amide bonds. The summed E-state index contributed by atoms with van der Waals surface area (Å²) in [4.78, 5) is 0. The van der Waals surface area contributed by atoms with Crippen molar-refractivity contribution in [1.29, 1.82) is 0 Å². The van der Waals surface area contributed by atoms with Crippen molar-refractivity contribution in [2.75, 3.05) is 0 Å². The quantitative estimate of drug-likeness (QED) is 0.568. The third-order valence-electron chi connectivity index (χ3n) is 3.54. The average molecular weight is 188 g/mol. The second-order valence-corrected chi connectivity index (χ2v) is 5.68. The van der Waals surface area contributed by atoms with Gasteiger partial charge in [-0.2, -0.15) is 0 Å². The van der Waals surface area contributed by atoms with Crippen LogP contribution in [0.4, 0.5) is 0 Å². The Hall–Kier alpha value is -0.780. The Kier molecular flexibility index (Phi) is 2.17. The zero-order valence-electron chi connectivity index (χ0n) is 9.67. The van der Waals surface area contributed by atoms with E-state index in [1.165, 1.54) is 6.42 Å². The van der Waals surface area contributed by atoms with Gasteiger partial charge >= 0.3 is 0 Å². The van der Waals surface area contributed by atoms with Gasteiger partial charge in [0.2, 0.25) is 0 Å². The summed E-state index contributed by atoms with van der Waals surface area (Å²) in [5, 5.41) is 0. The van der Waals surface area contributed by atoms with Crippen LogP contribution in [0.1, 0.15) is 57.1 Å². The van der Waals surface area contributed by atoms with Gasteiger partial charge in [0.25, 0.3) is 0 Å². The van der Waals surface area contributed by atoms with Crippen LogP contribution in [0.15, 0.2) is 24.3 Å². The zero-order valence-corrected chi connectivity index (χ0v) is 9.67. The highest BCUT2D eigenvalue weighted by Crippen LogP contribution is 2.49. The van der Waals surface area contributed by atoms with E-state index in [1.54, 1.807) is 11.1 Å². The first-order valence-electron chi connectivity index (χ1n) is 5.59. The lowest BCUT2D eigenvalue weighted by Gasteiger charge is -2.28. The first-order chi connectivity index (χ1) is 6.50. The maximum absolute atomic E-state index is 2.35. The summed E-state index contributed by atoms with van der Waals surface area (Å²) in [5.74, 6) is 1.49. The van der Waals surface area contributed by atoms with Gasteiger partial charge in [0.1, 0.15) is 0 Å². The van der Waals surface area contributed by atoms with Crippen LogP contribution in [0.5, 0.6) is 0 Å². The van der Waals surface area contributed by atoms with Crippen molar-refractivity contribution in [3.8, 4) is 0 Å². The maximum atomic E-state index is 2.35. The highest BCUT2D eigenvalue weighted by Gasteiger charge is 2.35. The van der Waals surface area contributed by atoms with E-state index in [1.807, 2.05) is 0 Å². The molecule has 1 aliphatic rings. The van der Waals surface area contributed by atoms with Gasteiger partial charge in [0, 0.05) is 0 Å². The topological polar surface area (TPSA) is 0 Å². The van der Waals surface area contributed by atoms with Crippen LogP contribution in [0.25, 0.3) is 0 Å². The Morgan fingerprint density at radius 2 is 1.64 bits per heavy atom. The lowest BCUT2D eigenvalue weighted by Crippen LogP contribution is -2.15. The number of hydrogen-bond donors (Lipinski definition) is 0. The first kappa shape index (κ1) is 9.76. The second kappa shape index (κ2) is 3.12. The van der Waals surface area contributed by atoms with Crippen molar-refractivity contribution < 1.29 is 0 Å². The molecule has 1 aromatic carbocycles. The van der Waals surface area contributed by atoms with Crippen molar-refractivity contribution in [1.82, 2.24) is 0 Å². The Labute approximate surface area is 87.3 Å². The summed E-state index contributed by atoms with van der Waals surface area (Å²) in [6, 6.07) is 8.95. The third kappa shape index (κ3) is 1.47. The molecule has 0 spiro atoms. The second-order valence-electron chi connectivity index (χ2n) is 5.68. The van der Waals surface area contributed by atoms with Gasteiger partial charge in [0.05, 0.1) is 0 Å². The van der Waals surface area contributed by atoms with Crippen LogP contribution >= 0.6 is 0 Å². The molecule has 0 heteroatoms. The predicted molar refractivity (Wildman–Crippen MR) is 61.7 cm³/mol. The molecule has 0 fully saturated rings. The van der Waals surface area contributed by atoms with Gasteiger partial charge in [-0.1, -0.05) is 52.0 Å². The van der Waals surface area contributed by atoms with Crippen LogP contribution < -0.4 is 0 Å². The van der Waals surface area contributed by atoms with E-state index in [0.29, 0.717) is 5.41 Å². The minimum atomic E-state index is 0.404. The fourth-order valence-corrected chi connectivity index (χ4v) is 2.70. The largest absolute Gasteiger partial charge is 0.0620 e. The highest BCUT2D eigenvalue weighted by atomic mass is 14.4. The van der Waals surface area contributed by atoms with E-state index in [-0.39, 0.29) is 0 Å². The molecule has 0 saturated heterocycles. The van der Waals surface area contributed by atoms with E-state index in [4.69, 9.17) is 0 Å². The van der Waals surface area contributed by atoms with Gasteiger partial charge in [-0.15, -0.1) is 0 Å². The molecule has 0 radical (unpaired) electrons. The lowest BCUT2D eigenvalue weighted by molar-refractivity contribution is 0.311. The number of fused-ring (bicyclic) bond motifs is 1. The van der Waals surface area contributed by atoms with Crippen molar-refractivity contribution >= 4 is 0 Å². The van der Waals surface area contributed by atoms with Gasteiger partial charge in [-0.3, -0.25) is 0 Å². The first-order valence-corrected chi connectivity index (χ1v) is 5.59. The Morgan fingerprint density at radius 3 is 2.21 bits per heavy atom. The summed E-state index contributed by atoms with van der Waals surface area (Å²) in [6.45, 7) is 9.41. The van der Waals surface area contributed by atoms with Crippen LogP contribution in [-0.4, -0.2) is 0 Å². The van der Waals surface area contributed by atoms with E-state index >= 15 is 0 Å². The number of hydrogen-bond acceptors (Lipinski definition) is 0. The molecule has 0 nitrogen and oxygen atoms in total. The summed E-state index contributed by atoms with van der Waals surface area (Å²) in [5.41, 5.74) is 3.57. The highest BCUT2D eigenvalue weighted by molar-refractivity contribution is 5.39. The SMILES string of the molecule is CC1CC(C(C)(C)C)c2ccccc21. The summed E-state index contributed by atoms with van der Waals surface area (Å²) in [7, 11) is 0. The molecule has 0 aromatic heterocycles. The molecule has 76 valence electrons. The molecule has 0 aliphatic heterocycles. The summed E-state index contributed by atoms with van der Waals surface area (Å²) in [6.07, 6.45) is 1.32. The molecular weight excluding hydrogens is 168 g/mol. The normalized spacial score (nSPS) is 26.3. The van der Waals surface area contributed by atoms with Gasteiger partial charge in [0.15, 0.2) is 0 Å². The smallest absolute Gasteiger partial charge is 0.0105 e. The van der Waals surface area contributed by atoms with Gasteiger partial charge < -0.3 is 0 Å². The van der Waals surface area contributed by atoms with Crippen LogP contribution in [0.3, 0.4) is 0 Å². The van der Waals surface area contributed by atoms with Gasteiger partial charge in [-0.25, -0.2) is 0 Å². The maximum Gasteiger partial charge on any atom is -0.0105 e. The summed E-state index contributed by atoms with van der Waals surface area (Å²) < 4.78 is 0. The Bertz CT molecular complexity index is 330. The molecule has 0 bridgehead atoms.